The lowest BCUT2D eigenvalue weighted by atomic mass is 10.1. The zero-order valence-electron chi connectivity index (χ0n) is 11.9. The fourth-order valence-corrected chi connectivity index (χ4v) is 2.59. The Labute approximate surface area is 122 Å². The van der Waals surface area contributed by atoms with Gasteiger partial charge in [-0.15, -0.1) is 0 Å². The summed E-state index contributed by atoms with van der Waals surface area (Å²) in [7, 11) is 0. The van der Waals surface area contributed by atoms with Crippen molar-refractivity contribution in [1.82, 2.24) is 9.78 Å². The van der Waals surface area contributed by atoms with E-state index in [0.29, 0.717) is 12.4 Å². The Kier molecular flexibility index (Phi) is 3.79. The van der Waals surface area contributed by atoms with E-state index in [1.54, 1.807) is 16.8 Å². The molecular weight excluding hydrogens is 272 g/mol. The molecule has 1 aliphatic rings. The molecule has 6 heteroatoms. The summed E-state index contributed by atoms with van der Waals surface area (Å²) in [6, 6.07) is 3.29. The number of carboxylic acids is 1. The number of rotatable bonds is 4. The molecule has 1 atom stereocenters. The SMILES string of the molecule is CCOc1cc2nn(C3CCCCO3)cc2cc1C(=O)O. The summed E-state index contributed by atoms with van der Waals surface area (Å²) in [5.74, 6) is -0.644. The first kappa shape index (κ1) is 13.9. The highest BCUT2D eigenvalue weighted by Gasteiger charge is 2.19. The highest BCUT2D eigenvalue weighted by atomic mass is 16.5. The number of ether oxygens (including phenoxy) is 2. The van der Waals surface area contributed by atoms with E-state index in [1.165, 1.54) is 0 Å². The molecule has 0 bridgehead atoms. The Morgan fingerprint density at radius 1 is 1.52 bits per heavy atom. The van der Waals surface area contributed by atoms with Gasteiger partial charge < -0.3 is 14.6 Å². The largest absolute Gasteiger partial charge is 0.493 e. The summed E-state index contributed by atoms with van der Waals surface area (Å²) in [6.45, 7) is 2.98. The maximum atomic E-state index is 11.3. The van der Waals surface area contributed by atoms with Gasteiger partial charge in [-0.2, -0.15) is 5.10 Å². The van der Waals surface area contributed by atoms with Crippen molar-refractivity contribution in [3.05, 3.63) is 23.9 Å². The minimum atomic E-state index is -0.998. The summed E-state index contributed by atoms with van der Waals surface area (Å²) in [5.41, 5.74) is 0.881. The normalized spacial score (nSPS) is 18.8. The van der Waals surface area contributed by atoms with Gasteiger partial charge in [-0.3, -0.25) is 0 Å². The van der Waals surface area contributed by atoms with Crippen molar-refractivity contribution < 1.29 is 19.4 Å². The number of nitrogens with zero attached hydrogens (tertiary/aromatic N) is 2. The minimum Gasteiger partial charge on any atom is -0.493 e. The van der Waals surface area contributed by atoms with Crippen molar-refractivity contribution in [2.75, 3.05) is 13.2 Å². The fraction of sp³-hybridized carbons (Fsp3) is 0.467. The number of fused-ring (bicyclic) bond motifs is 1. The lowest BCUT2D eigenvalue weighted by molar-refractivity contribution is -0.0390. The van der Waals surface area contributed by atoms with Gasteiger partial charge in [0.15, 0.2) is 0 Å². The zero-order chi connectivity index (χ0) is 14.8. The lowest BCUT2D eigenvalue weighted by Crippen LogP contribution is -2.18. The van der Waals surface area contributed by atoms with Crippen LogP contribution in [0.5, 0.6) is 5.75 Å². The molecule has 1 aromatic heterocycles. The molecule has 1 saturated heterocycles. The summed E-state index contributed by atoms with van der Waals surface area (Å²) in [4.78, 5) is 11.3. The number of hydrogen-bond acceptors (Lipinski definition) is 4. The molecule has 0 radical (unpaired) electrons. The molecule has 112 valence electrons. The van der Waals surface area contributed by atoms with Gasteiger partial charge in [-0.1, -0.05) is 0 Å². The maximum Gasteiger partial charge on any atom is 0.339 e. The topological polar surface area (TPSA) is 73.6 Å². The number of aromatic carboxylic acids is 1. The van der Waals surface area contributed by atoms with Gasteiger partial charge in [0.05, 0.1) is 12.1 Å². The third-order valence-electron chi connectivity index (χ3n) is 3.60. The van der Waals surface area contributed by atoms with Crippen LogP contribution < -0.4 is 4.74 Å². The van der Waals surface area contributed by atoms with Gasteiger partial charge in [0.2, 0.25) is 0 Å². The Bertz CT molecular complexity index is 659. The van der Waals surface area contributed by atoms with E-state index < -0.39 is 5.97 Å². The highest BCUT2D eigenvalue weighted by molar-refractivity contribution is 5.96. The van der Waals surface area contributed by atoms with Gasteiger partial charge in [0, 0.05) is 24.3 Å². The molecular formula is C15H18N2O4. The van der Waals surface area contributed by atoms with Gasteiger partial charge >= 0.3 is 5.97 Å². The van der Waals surface area contributed by atoms with Crippen LogP contribution >= 0.6 is 0 Å². The summed E-state index contributed by atoms with van der Waals surface area (Å²) in [5, 5.41) is 14.6. The van der Waals surface area contributed by atoms with Crippen molar-refractivity contribution in [2.24, 2.45) is 0 Å². The van der Waals surface area contributed by atoms with Crippen LogP contribution in [0, 0.1) is 0 Å². The van der Waals surface area contributed by atoms with Crippen molar-refractivity contribution in [3.63, 3.8) is 0 Å². The Hall–Kier alpha value is -2.08. The van der Waals surface area contributed by atoms with Crippen LogP contribution in [0.2, 0.25) is 0 Å². The van der Waals surface area contributed by atoms with E-state index >= 15 is 0 Å². The first-order valence-corrected chi connectivity index (χ1v) is 7.19. The quantitative estimate of drug-likeness (QED) is 0.937. The van der Waals surface area contributed by atoms with Crippen LogP contribution in [0.15, 0.2) is 18.3 Å². The Balaban J connectivity index is 2.01. The third-order valence-corrected chi connectivity index (χ3v) is 3.60. The number of carbonyl (C=O) groups is 1. The van der Waals surface area contributed by atoms with Crippen LogP contribution in [0.4, 0.5) is 0 Å². The number of carboxylic acid groups (broad SMARTS) is 1. The van der Waals surface area contributed by atoms with Crippen molar-refractivity contribution in [1.29, 1.82) is 0 Å². The summed E-state index contributed by atoms with van der Waals surface area (Å²) >= 11 is 0. The molecule has 1 aliphatic heterocycles. The monoisotopic (exact) mass is 290 g/mol. The molecule has 1 fully saturated rings. The van der Waals surface area contributed by atoms with Crippen molar-refractivity contribution in [2.45, 2.75) is 32.4 Å². The summed E-state index contributed by atoms with van der Waals surface area (Å²) in [6.07, 6.45) is 4.90. The predicted molar refractivity (Wildman–Crippen MR) is 76.7 cm³/mol. The average molecular weight is 290 g/mol. The average Bonchev–Trinajstić information content (AvgIpc) is 2.90. The van der Waals surface area contributed by atoms with E-state index in [2.05, 4.69) is 5.10 Å². The molecule has 0 saturated carbocycles. The smallest absolute Gasteiger partial charge is 0.339 e. The Morgan fingerprint density at radius 2 is 2.38 bits per heavy atom. The molecule has 3 rings (SSSR count). The highest BCUT2D eigenvalue weighted by Crippen LogP contribution is 2.28. The van der Waals surface area contributed by atoms with Gasteiger partial charge in [-0.05, 0) is 32.3 Å². The fourth-order valence-electron chi connectivity index (χ4n) is 2.59. The molecule has 2 heterocycles. The molecule has 6 nitrogen and oxygen atoms in total. The van der Waals surface area contributed by atoms with Crippen molar-refractivity contribution >= 4 is 16.9 Å². The molecule has 0 spiro atoms. The molecule has 2 aromatic rings. The first-order chi connectivity index (χ1) is 10.2. The van der Waals surface area contributed by atoms with Gasteiger partial charge in [0.1, 0.15) is 17.5 Å². The van der Waals surface area contributed by atoms with E-state index in [4.69, 9.17) is 9.47 Å². The zero-order valence-corrected chi connectivity index (χ0v) is 11.9. The van der Waals surface area contributed by atoms with Crippen LogP contribution in [-0.2, 0) is 4.74 Å². The van der Waals surface area contributed by atoms with Gasteiger partial charge in [0.25, 0.3) is 0 Å². The Morgan fingerprint density at radius 3 is 3.05 bits per heavy atom. The molecule has 0 aliphatic carbocycles. The third kappa shape index (κ3) is 2.71. The maximum absolute atomic E-state index is 11.3. The van der Waals surface area contributed by atoms with Crippen molar-refractivity contribution in [3.8, 4) is 5.75 Å². The molecule has 1 aromatic carbocycles. The number of hydrogen-bond donors (Lipinski definition) is 1. The lowest BCUT2D eigenvalue weighted by Gasteiger charge is -2.22. The van der Waals surface area contributed by atoms with E-state index in [0.717, 1.165) is 36.8 Å². The molecule has 1 unspecified atom stereocenters. The molecule has 1 N–H and O–H groups in total. The van der Waals surface area contributed by atoms with E-state index in [1.807, 2.05) is 13.1 Å². The van der Waals surface area contributed by atoms with Crippen LogP contribution in [0.1, 0.15) is 42.8 Å². The molecule has 21 heavy (non-hydrogen) atoms. The minimum absolute atomic E-state index is 0.0602. The van der Waals surface area contributed by atoms with Crippen LogP contribution in [0.3, 0.4) is 0 Å². The van der Waals surface area contributed by atoms with E-state index in [-0.39, 0.29) is 11.8 Å². The van der Waals surface area contributed by atoms with Crippen LogP contribution in [-0.4, -0.2) is 34.1 Å². The van der Waals surface area contributed by atoms with Gasteiger partial charge in [-0.25, -0.2) is 9.48 Å². The second kappa shape index (κ2) is 5.73. The first-order valence-electron chi connectivity index (χ1n) is 7.19. The van der Waals surface area contributed by atoms with E-state index in [9.17, 15) is 9.90 Å². The number of aromatic nitrogens is 2. The molecule has 0 amide bonds. The standard InChI is InChI=1S/C15H18N2O4/c1-2-20-13-8-12-10(7-11(13)15(18)19)9-17(16-12)14-5-3-4-6-21-14/h7-9,14H,2-6H2,1H3,(H,18,19). The second-order valence-electron chi connectivity index (χ2n) is 5.08. The van der Waals surface area contributed by atoms with Crippen LogP contribution in [0.25, 0.3) is 10.9 Å². The predicted octanol–water partition coefficient (Wildman–Crippen LogP) is 2.83. The second-order valence-corrected chi connectivity index (χ2v) is 5.08. The number of benzene rings is 1. The summed E-state index contributed by atoms with van der Waals surface area (Å²) < 4.78 is 12.9.